The highest BCUT2D eigenvalue weighted by Crippen LogP contribution is 2.33. The molecule has 0 aliphatic carbocycles. The van der Waals surface area contributed by atoms with Crippen LogP contribution in [0.25, 0.3) is 16.6 Å². The smallest absolute Gasteiger partial charge is 0.266 e. The third kappa shape index (κ3) is 5.28. The summed E-state index contributed by atoms with van der Waals surface area (Å²) in [5.74, 6) is 0.369. The highest BCUT2D eigenvalue weighted by Gasteiger charge is 2.35. The summed E-state index contributed by atoms with van der Waals surface area (Å²) in [5.41, 5.74) is 4.21. The van der Waals surface area contributed by atoms with Gasteiger partial charge in [0.05, 0.1) is 27.5 Å². The average molecular weight is 552 g/mol. The molecule has 0 saturated carbocycles. The molecule has 3 aromatic carbocycles. The van der Waals surface area contributed by atoms with E-state index >= 15 is 0 Å². The number of aryl methyl sites for hydroxylation is 4. The zero-order chi connectivity index (χ0) is 27.9. The first kappa shape index (κ1) is 28.0. The predicted octanol–water partition coefficient (Wildman–Crippen LogP) is 6.68. The SMILES string of the molecule is Cc1ccc(-n2c(C(C)N(CC(C)C)S(=O)(=O)c3c(C)cc(C)cc3C)nc3cc(Cl)ccc3c2=O)cc1. The minimum atomic E-state index is -3.95. The Kier molecular flexibility index (Phi) is 7.84. The van der Waals surface area contributed by atoms with Gasteiger partial charge in [0.15, 0.2) is 0 Å². The summed E-state index contributed by atoms with van der Waals surface area (Å²) in [4.78, 5) is 19.0. The van der Waals surface area contributed by atoms with Crippen molar-refractivity contribution in [3.63, 3.8) is 0 Å². The van der Waals surface area contributed by atoms with Crippen LogP contribution in [0.15, 0.2) is 64.3 Å². The van der Waals surface area contributed by atoms with E-state index in [4.69, 9.17) is 16.6 Å². The van der Waals surface area contributed by atoms with Crippen LogP contribution in [0.5, 0.6) is 0 Å². The average Bonchev–Trinajstić information content (AvgIpc) is 2.81. The Bertz CT molecular complexity index is 1650. The molecular formula is C30H34ClN3O3S. The van der Waals surface area contributed by atoms with Crippen molar-refractivity contribution < 1.29 is 8.42 Å². The second-order valence-corrected chi connectivity index (χ2v) is 12.7. The van der Waals surface area contributed by atoms with Gasteiger partial charge in [-0.1, -0.05) is 60.8 Å². The van der Waals surface area contributed by atoms with Gasteiger partial charge in [0.25, 0.3) is 5.56 Å². The molecule has 1 unspecified atom stereocenters. The first-order chi connectivity index (χ1) is 17.8. The molecule has 0 aliphatic rings. The first-order valence-corrected chi connectivity index (χ1v) is 14.5. The molecule has 0 N–H and O–H groups in total. The molecule has 0 radical (unpaired) electrons. The minimum Gasteiger partial charge on any atom is -0.268 e. The summed E-state index contributed by atoms with van der Waals surface area (Å²) < 4.78 is 31.6. The number of rotatable bonds is 7. The van der Waals surface area contributed by atoms with Crippen LogP contribution in [0.4, 0.5) is 0 Å². The second kappa shape index (κ2) is 10.6. The fraction of sp³-hybridized carbons (Fsp3) is 0.333. The van der Waals surface area contributed by atoms with Gasteiger partial charge in [0.1, 0.15) is 5.82 Å². The van der Waals surface area contributed by atoms with Crippen molar-refractivity contribution in [3.8, 4) is 5.69 Å². The Morgan fingerprint density at radius 1 is 0.895 bits per heavy atom. The molecule has 0 amide bonds. The number of halogens is 1. The van der Waals surface area contributed by atoms with Crippen LogP contribution >= 0.6 is 11.6 Å². The maximum atomic E-state index is 14.3. The normalized spacial score (nSPS) is 13.0. The van der Waals surface area contributed by atoms with Crippen molar-refractivity contribution in [2.45, 2.75) is 59.4 Å². The van der Waals surface area contributed by atoms with Crippen LogP contribution in [-0.2, 0) is 10.0 Å². The number of hydrogen-bond acceptors (Lipinski definition) is 4. The molecule has 0 aliphatic heterocycles. The maximum Gasteiger partial charge on any atom is 0.266 e. The number of benzene rings is 3. The number of nitrogens with zero attached hydrogens (tertiary/aromatic N) is 3. The minimum absolute atomic E-state index is 0.0349. The Balaban J connectivity index is 2.01. The molecule has 38 heavy (non-hydrogen) atoms. The Morgan fingerprint density at radius 3 is 2.08 bits per heavy atom. The van der Waals surface area contributed by atoms with Gasteiger partial charge in [-0.25, -0.2) is 13.4 Å². The summed E-state index contributed by atoms with van der Waals surface area (Å²) in [7, 11) is -3.95. The van der Waals surface area contributed by atoms with E-state index < -0.39 is 16.1 Å². The van der Waals surface area contributed by atoms with Crippen LogP contribution < -0.4 is 5.56 Å². The molecule has 8 heteroatoms. The van der Waals surface area contributed by atoms with Crippen molar-refractivity contribution in [1.82, 2.24) is 13.9 Å². The third-order valence-electron chi connectivity index (χ3n) is 6.67. The molecule has 1 atom stereocenters. The van der Waals surface area contributed by atoms with Gasteiger partial charge in [0, 0.05) is 11.6 Å². The lowest BCUT2D eigenvalue weighted by atomic mass is 10.1. The molecule has 4 aromatic rings. The van der Waals surface area contributed by atoms with E-state index in [9.17, 15) is 13.2 Å². The topological polar surface area (TPSA) is 72.3 Å². The molecule has 0 bridgehead atoms. The van der Waals surface area contributed by atoms with E-state index in [0.717, 1.165) is 11.1 Å². The maximum absolute atomic E-state index is 14.3. The second-order valence-electron chi connectivity index (χ2n) is 10.5. The highest BCUT2D eigenvalue weighted by atomic mass is 35.5. The summed E-state index contributed by atoms with van der Waals surface area (Å²) >= 11 is 6.25. The molecule has 0 saturated heterocycles. The van der Waals surface area contributed by atoms with Gasteiger partial charge in [0.2, 0.25) is 10.0 Å². The van der Waals surface area contributed by atoms with E-state index in [1.165, 1.54) is 8.87 Å². The Labute approximate surface area is 230 Å². The van der Waals surface area contributed by atoms with Crippen LogP contribution in [0.2, 0.25) is 5.02 Å². The van der Waals surface area contributed by atoms with E-state index in [2.05, 4.69) is 0 Å². The van der Waals surface area contributed by atoms with E-state index in [1.807, 2.05) is 77.9 Å². The quantitative estimate of drug-likeness (QED) is 0.257. The van der Waals surface area contributed by atoms with Crippen molar-refractivity contribution >= 4 is 32.5 Å². The van der Waals surface area contributed by atoms with E-state index in [1.54, 1.807) is 25.1 Å². The van der Waals surface area contributed by atoms with Crippen molar-refractivity contribution in [2.75, 3.05) is 6.54 Å². The molecule has 0 spiro atoms. The van der Waals surface area contributed by atoms with Gasteiger partial charge in [-0.3, -0.25) is 9.36 Å². The molecule has 4 rings (SSSR count). The fourth-order valence-corrected chi connectivity index (χ4v) is 7.38. The zero-order valence-corrected chi connectivity index (χ0v) is 24.5. The lowest BCUT2D eigenvalue weighted by Crippen LogP contribution is -2.40. The lowest BCUT2D eigenvalue weighted by Gasteiger charge is -2.32. The van der Waals surface area contributed by atoms with Crippen molar-refractivity contribution in [2.24, 2.45) is 5.92 Å². The fourth-order valence-electron chi connectivity index (χ4n) is 5.04. The highest BCUT2D eigenvalue weighted by molar-refractivity contribution is 7.89. The molecular weight excluding hydrogens is 518 g/mol. The summed E-state index contributed by atoms with van der Waals surface area (Å²) in [6.45, 7) is 13.6. The standard InChI is InChI=1S/C30H34ClN3O3S/c1-18(2)17-33(38(36,37)28-21(5)14-20(4)15-22(28)6)23(7)29-32-27-16-24(31)10-13-26(27)30(35)34(29)25-11-8-19(3)9-12-25/h8-16,18,23H,17H2,1-7H3. The van der Waals surface area contributed by atoms with Crippen molar-refractivity contribution in [3.05, 3.63) is 98.1 Å². The number of sulfonamides is 1. The largest absolute Gasteiger partial charge is 0.268 e. The van der Waals surface area contributed by atoms with E-state index in [-0.39, 0.29) is 18.0 Å². The van der Waals surface area contributed by atoms with Crippen LogP contribution in [-0.4, -0.2) is 28.8 Å². The summed E-state index contributed by atoms with van der Waals surface area (Å²) in [6.07, 6.45) is 0. The molecule has 200 valence electrons. The molecule has 6 nitrogen and oxygen atoms in total. The number of hydrogen-bond donors (Lipinski definition) is 0. The van der Waals surface area contributed by atoms with E-state index in [0.29, 0.717) is 43.5 Å². The van der Waals surface area contributed by atoms with Crippen LogP contribution in [0.3, 0.4) is 0 Å². The number of aromatic nitrogens is 2. The van der Waals surface area contributed by atoms with Gasteiger partial charge < -0.3 is 0 Å². The summed E-state index contributed by atoms with van der Waals surface area (Å²) in [5, 5.41) is 0.864. The van der Waals surface area contributed by atoms with Gasteiger partial charge >= 0.3 is 0 Å². The predicted molar refractivity (Wildman–Crippen MR) is 155 cm³/mol. The van der Waals surface area contributed by atoms with Crippen LogP contribution in [0.1, 0.15) is 54.9 Å². The van der Waals surface area contributed by atoms with Gasteiger partial charge in [-0.2, -0.15) is 4.31 Å². The van der Waals surface area contributed by atoms with Crippen LogP contribution in [0, 0.1) is 33.6 Å². The monoisotopic (exact) mass is 551 g/mol. The summed E-state index contributed by atoms with van der Waals surface area (Å²) in [6, 6.07) is 15.5. The Hall–Kier alpha value is -3.00. The molecule has 1 aromatic heterocycles. The number of fused-ring (bicyclic) bond motifs is 1. The lowest BCUT2D eigenvalue weighted by molar-refractivity contribution is 0.296. The first-order valence-electron chi connectivity index (χ1n) is 12.7. The molecule has 0 fully saturated rings. The zero-order valence-electron chi connectivity index (χ0n) is 22.9. The van der Waals surface area contributed by atoms with Gasteiger partial charge in [-0.05, 0) is 82.0 Å². The third-order valence-corrected chi connectivity index (χ3v) is 9.15. The van der Waals surface area contributed by atoms with Crippen molar-refractivity contribution in [1.29, 1.82) is 0 Å². The molecule has 1 heterocycles. The Morgan fingerprint density at radius 2 is 1.50 bits per heavy atom. The van der Waals surface area contributed by atoms with Gasteiger partial charge in [-0.15, -0.1) is 0 Å².